The van der Waals surface area contributed by atoms with Gasteiger partial charge in [-0.2, -0.15) is 5.26 Å². The zero-order valence-corrected chi connectivity index (χ0v) is 27.1. The first-order valence-electron chi connectivity index (χ1n) is 15.0. The number of carboxylic acids is 1. The predicted octanol–water partition coefficient (Wildman–Crippen LogP) is 9.05. The zero-order valence-electron chi connectivity index (χ0n) is 27.1. The number of rotatable bonds is 9. The lowest BCUT2D eigenvalue weighted by molar-refractivity contribution is 0.0698. The van der Waals surface area contributed by atoms with Crippen LogP contribution in [0.1, 0.15) is 91.2 Å². The number of aromatic carboxylic acids is 1. The van der Waals surface area contributed by atoms with Gasteiger partial charge in [0, 0.05) is 22.4 Å². The number of para-hydroxylation sites is 1. The minimum Gasteiger partial charge on any atom is -0.495 e. The monoisotopic (exact) mass is 605 g/mol. The molecule has 1 aliphatic heterocycles. The van der Waals surface area contributed by atoms with Gasteiger partial charge in [-0.05, 0) is 98.5 Å². The summed E-state index contributed by atoms with van der Waals surface area (Å²) in [7, 11) is 1.58. The Bertz CT molecular complexity index is 1690. The number of anilines is 1. The highest BCUT2D eigenvalue weighted by Gasteiger charge is 2.25. The van der Waals surface area contributed by atoms with E-state index in [2.05, 4.69) is 57.3 Å². The van der Waals surface area contributed by atoms with Crippen LogP contribution in [0.5, 0.6) is 11.5 Å². The first-order valence-corrected chi connectivity index (χ1v) is 15.0. The summed E-state index contributed by atoms with van der Waals surface area (Å²) < 4.78 is 11.5. The van der Waals surface area contributed by atoms with E-state index < -0.39 is 5.97 Å². The van der Waals surface area contributed by atoms with Gasteiger partial charge >= 0.3 is 5.97 Å². The third-order valence-electron chi connectivity index (χ3n) is 7.38. The average molecular weight is 606 g/mol. The van der Waals surface area contributed by atoms with Crippen molar-refractivity contribution in [1.29, 1.82) is 5.26 Å². The first-order chi connectivity index (χ1) is 21.6. The number of fused-ring (bicyclic) bond motifs is 1. The third-order valence-corrected chi connectivity index (χ3v) is 7.38. The second-order valence-electron chi connectivity index (χ2n) is 11.0. The summed E-state index contributed by atoms with van der Waals surface area (Å²) >= 11 is 0. The number of allylic oxidation sites excluding steroid dienone is 5. The molecule has 7 heteroatoms. The number of nitriles is 1. The molecule has 7 nitrogen and oxygen atoms in total. The average Bonchev–Trinajstić information content (AvgIpc) is 3.03. The van der Waals surface area contributed by atoms with E-state index in [0.29, 0.717) is 22.9 Å². The highest BCUT2D eigenvalue weighted by atomic mass is 16.5. The van der Waals surface area contributed by atoms with E-state index >= 15 is 0 Å². The van der Waals surface area contributed by atoms with Crippen LogP contribution in [0.25, 0.3) is 5.57 Å². The SMILES string of the molecule is C/C=C(\C=CN)C1=C/C(=C/CC)c2cc(C)cc(C(C)Nc3ccccc3C(=O)O)c2O1.COc1cc(C(C)C)ccc1C#N. The second-order valence-corrected chi connectivity index (χ2v) is 11.0. The number of nitrogens with one attached hydrogen (secondary N) is 1. The van der Waals surface area contributed by atoms with Crippen molar-refractivity contribution in [2.24, 2.45) is 5.73 Å². The fourth-order valence-electron chi connectivity index (χ4n) is 5.03. The summed E-state index contributed by atoms with van der Waals surface area (Å²) in [5, 5.41) is 21.7. The van der Waals surface area contributed by atoms with Gasteiger partial charge in [0.05, 0.1) is 24.3 Å². The van der Waals surface area contributed by atoms with Gasteiger partial charge in [0.25, 0.3) is 0 Å². The minimum absolute atomic E-state index is 0.189. The number of ether oxygens (including phenoxy) is 2. The number of aryl methyl sites for hydroxylation is 1. The highest BCUT2D eigenvalue weighted by molar-refractivity contribution is 5.94. The van der Waals surface area contributed by atoms with E-state index in [1.165, 1.54) is 11.8 Å². The highest BCUT2D eigenvalue weighted by Crippen LogP contribution is 2.42. The smallest absolute Gasteiger partial charge is 0.337 e. The van der Waals surface area contributed by atoms with Gasteiger partial charge in [-0.15, -0.1) is 0 Å². The van der Waals surface area contributed by atoms with Crippen LogP contribution in [0.4, 0.5) is 5.69 Å². The van der Waals surface area contributed by atoms with Gasteiger partial charge in [0.15, 0.2) is 0 Å². The maximum Gasteiger partial charge on any atom is 0.337 e. The molecule has 3 aromatic carbocycles. The summed E-state index contributed by atoms with van der Waals surface area (Å²) in [4.78, 5) is 11.7. The van der Waals surface area contributed by atoms with Crippen molar-refractivity contribution in [2.45, 2.75) is 59.9 Å². The fraction of sp³-hybridized carbons (Fsp3) is 0.263. The van der Waals surface area contributed by atoms with E-state index in [-0.39, 0.29) is 11.6 Å². The molecule has 0 aliphatic carbocycles. The van der Waals surface area contributed by atoms with E-state index in [1.54, 1.807) is 31.4 Å². The van der Waals surface area contributed by atoms with Crippen LogP contribution in [-0.4, -0.2) is 18.2 Å². The molecule has 0 saturated heterocycles. The van der Waals surface area contributed by atoms with Crippen LogP contribution >= 0.6 is 0 Å². The first kappa shape index (κ1) is 34.3. The number of carbonyl (C=O) groups is 1. The molecular formula is C38H43N3O4. The topological polar surface area (TPSA) is 118 Å². The Morgan fingerprint density at radius 1 is 1.16 bits per heavy atom. The Morgan fingerprint density at radius 2 is 1.89 bits per heavy atom. The number of carboxylic acid groups (broad SMARTS) is 1. The Hall–Kier alpha value is -5.22. The molecule has 0 amide bonds. The molecule has 234 valence electrons. The molecule has 1 aliphatic rings. The fourth-order valence-corrected chi connectivity index (χ4v) is 5.03. The molecule has 0 aromatic heterocycles. The molecule has 3 aromatic rings. The van der Waals surface area contributed by atoms with E-state index in [1.807, 2.05) is 50.3 Å². The van der Waals surface area contributed by atoms with Crippen molar-refractivity contribution in [3.05, 3.63) is 130 Å². The van der Waals surface area contributed by atoms with E-state index in [0.717, 1.165) is 45.8 Å². The second kappa shape index (κ2) is 16.0. The number of methoxy groups -OCH3 is 1. The van der Waals surface area contributed by atoms with Crippen LogP contribution in [0.15, 0.2) is 96.4 Å². The van der Waals surface area contributed by atoms with Crippen molar-refractivity contribution < 1.29 is 19.4 Å². The molecule has 0 saturated carbocycles. The number of hydrogen-bond acceptors (Lipinski definition) is 6. The minimum atomic E-state index is -0.965. The van der Waals surface area contributed by atoms with Crippen molar-refractivity contribution >= 4 is 17.2 Å². The summed E-state index contributed by atoms with van der Waals surface area (Å²) in [6.07, 6.45) is 10.4. The quantitative estimate of drug-likeness (QED) is 0.208. The van der Waals surface area contributed by atoms with Crippen LogP contribution < -0.4 is 20.5 Å². The molecule has 4 N–H and O–H groups in total. The van der Waals surface area contributed by atoms with Crippen molar-refractivity contribution in [2.75, 3.05) is 12.4 Å². The van der Waals surface area contributed by atoms with Crippen molar-refractivity contribution in [1.82, 2.24) is 0 Å². The predicted molar refractivity (Wildman–Crippen MR) is 182 cm³/mol. The summed E-state index contributed by atoms with van der Waals surface area (Å²) in [6, 6.07) is 18.7. The summed E-state index contributed by atoms with van der Waals surface area (Å²) in [5.74, 6) is 1.65. The molecular weight excluding hydrogens is 562 g/mol. The van der Waals surface area contributed by atoms with Gasteiger partial charge in [-0.3, -0.25) is 0 Å². The molecule has 4 rings (SSSR count). The van der Waals surface area contributed by atoms with Crippen LogP contribution in [0, 0.1) is 18.3 Å². The van der Waals surface area contributed by atoms with Gasteiger partial charge < -0.3 is 25.6 Å². The van der Waals surface area contributed by atoms with Crippen molar-refractivity contribution in [3.8, 4) is 17.6 Å². The van der Waals surface area contributed by atoms with Crippen LogP contribution in [-0.2, 0) is 0 Å². The maximum absolute atomic E-state index is 11.7. The lowest BCUT2D eigenvalue weighted by Crippen LogP contribution is -2.15. The third kappa shape index (κ3) is 8.45. The maximum atomic E-state index is 11.7. The Balaban J connectivity index is 0.000000355. The normalized spacial score (nSPS) is 14.1. The van der Waals surface area contributed by atoms with Gasteiger partial charge in [0.1, 0.15) is 23.3 Å². The molecule has 0 bridgehead atoms. The lowest BCUT2D eigenvalue weighted by atomic mass is 9.92. The molecule has 1 unspecified atom stereocenters. The van der Waals surface area contributed by atoms with E-state index in [4.69, 9.17) is 20.5 Å². The largest absolute Gasteiger partial charge is 0.495 e. The molecule has 0 spiro atoms. The summed E-state index contributed by atoms with van der Waals surface area (Å²) in [5.41, 5.74) is 13.3. The van der Waals surface area contributed by atoms with Crippen molar-refractivity contribution in [3.63, 3.8) is 0 Å². The molecule has 45 heavy (non-hydrogen) atoms. The number of nitrogens with zero attached hydrogens (tertiary/aromatic N) is 1. The molecule has 0 fully saturated rings. The Morgan fingerprint density at radius 3 is 2.49 bits per heavy atom. The lowest BCUT2D eigenvalue weighted by Gasteiger charge is -2.27. The number of benzene rings is 3. The molecule has 1 heterocycles. The van der Waals surface area contributed by atoms with Gasteiger partial charge in [0.2, 0.25) is 0 Å². The number of nitrogens with two attached hydrogens (primary N) is 1. The Kier molecular flexibility index (Phi) is 12.2. The molecule has 1 atom stereocenters. The Labute approximate surface area is 267 Å². The zero-order chi connectivity index (χ0) is 33.1. The van der Waals surface area contributed by atoms with Crippen LogP contribution in [0.2, 0.25) is 0 Å². The number of hydrogen-bond donors (Lipinski definition) is 3. The standard InChI is InChI=1S/C27H30N2O3.C11H13NO/c1-5-9-20-16-25(19(6-2)12-13-28)32-26-22(14-17(3)15-23(20)26)18(4)29-24-11-8-7-10-21(24)27(30)31;1-8(2)9-4-5-10(7-12)11(6-9)13-3/h6-16,18,29H,5,28H2,1-4H3,(H,30,31);4-6,8H,1-3H3/b13-12?,19-6+,20-9-;. The summed E-state index contributed by atoms with van der Waals surface area (Å²) in [6.45, 7) is 12.3. The van der Waals surface area contributed by atoms with Gasteiger partial charge in [-0.1, -0.05) is 57.2 Å². The van der Waals surface area contributed by atoms with Gasteiger partial charge in [-0.25, -0.2) is 4.79 Å². The molecule has 0 radical (unpaired) electrons. The van der Waals surface area contributed by atoms with E-state index in [9.17, 15) is 9.90 Å². The van der Waals surface area contributed by atoms with Crippen LogP contribution in [0.3, 0.4) is 0 Å².